The summed E-state index contributed by atoms with van der Waals surface area (Å²) >= 11 is 5.96. The summed E-state index contributed by atoms with van der Waals surface area (Å²) in [6.07, 6.45) is 1.25. The van der Waals surface area contributed by atoms with E-state index < -0.39 is 0 Å². The molecule has 0 aliphatic carbocycles. The zero-order valence-corrected chi connectivity index (χ0v) is 15.6. The lowest BCUT2D eigenvalue weighted by molar-refractivity contribution is -0.121. The number of halogens is 2. The van der Waals surface area contributed by atoms with Gasteiger partial charge in [0.05, 0.1) is 12.5 Å². The van der Waals surface area contributed by atoms with Gasteiger partial charge in [-0.1, -0.05) is 54.1 Å². The Morgan fingerprint density at radius 2 is 1.71 bits per heavy atom. The molecule has 130 valence electrons. The van der Waals surface area contributed by atoms with Crippen molar-refractivity contribution in [2.45, 2.75) is 18.9 Å². The average molecular weight is 367 g/mol. The van der Waals surface area contributed by atoms with Crippen molar-refractivity contribution in [2.24, 2.45) is 0 Å². The van der Waals surface area contributed by atoms with Crippen LogP contribution in [0.25, 0.3) is 0 Å². The number of carbonyl (C=O) groups excluding carboxylic acids is 1. The van der Waals surface area contributed by atoms with Crippen molar-refractivity contribution in [1.82, 2.24) is 10.2 Å². The van der Waals surface area contributed by atoms with Gasteiger partial charge in [0.15, 0.2) is 0 Å². The summed E-state index contributed by atoms with van der Waals surface area (Å²) in [5, 5.41) is 3.85. The van der Waals surface area contributed by atoms with Gasteiger partial charge in [0, 0.05) is 5.02 Å². The van der Waals surface area contributed by atoms with Gasteiger partial charge < -0.3 is 10.2 Å². The molecule has 0 heterocycles. The Hall–Kier alpha value is -1.55. The van der Waals surface area contributed by atoms with Crippen molar-refractivity contribution in [2.75, 3.05) is 20.6 Å². The van der Waals surface area contributed by atoms with Crippen molar-refractivity contribution in [1.29, 1.82) is 0 Å². The summed E-state index contributed by atoms with van der Waals surface area (Å²) in [5.41, 5.74) is 2.10. The molecule has 3 nitrogen and oxygen atoms in total. The smallest absolute Gasteiger partial charge is 0.224 e. The minimum absolute atomic E-state index is 0. The van der Waals surface area contributed by atoms with Crippen LogP contribution < -0.4 is 5.32 Å². The second-order valence-corrected chi connectivity index (χ2v) is 6.36. The molecular weight excluding hydrogens is 343 g/mol. The molecule has 2 rings (SSSR count). The lowest BCUT2D eigenvalue weighted by atomic mass is 10.0. The van der Waals surface area contributed by atoms with Crippen LogP contribution in [0, 0.1) is 0 Å². The van der Waals surface area contributed by atoms with Crippen LogP contribution in [-0.4, -0.2) is 31.4 Å². The summed E-state index contributed by atoms with van der Waals surface area (Å²) in [5.74, 6) is 0.0370. The van der Waals surface area contributed by atoms with Gasteiger partial charge in [-0.2, -0.15) is 0 Å². The second kappa shape index (κ2) is 10.3. The predicted octanol–water partition coefficient (Wildman–Crippen LogP) is 4.11. The molecule has 1 atom stereocenters. The van der Waals surface area contributed by atoms with Gasteiger partial charge in [-0.25, -0.2) is 0 Å². The third-order valence-electron chi connectivity index (χ3n) is 3.68. The van der Waals surface area contributed by atoms with E-state index in [0.29, 0.717) is 11.4 Å². The van der Waals surface area contributed by atoms with Crippen LogP contribution in [0.15, 0.2) is 54.6 Å². The molecule has 0 aliphatic rings. The maximum Gasteiger partial charge on any atom is 0.224 e. The van der Waals surface area contributed by atoms with Crippen molar-refractivity contribution in [3.05, 3.63) is 70.7 Å². The fourth-order valence-corrected chi connectivity index (χ4v) is 2.56. The highest BCUT2D eigenvalue weighted by Crippen LogP contribution is 2.20. The minimum atomic E-state index is -0.00845. The lowest BCUT2D eigenvalue weighted by Crippen LogP contribution is -2.32. The monoisotopic (exact) mass is 366 g/mol. The van der Waals surface area contributed by atoms with E-state index in [1.807, 2.05) is 68.7 Å². The van der Waals surface area contributed by atoms with E-state index in [1.165, 1.54) is 0 Å². The van der Waals surface area contributed by atoms with Crippen LogP contribution in [0.1, 0.15) is 23.6 Å². The molecule has 1 N–H and O–H groups in total. The first kappa shape index (κ1) is 20.5. The van der Waals surface area contributed by atoms with Crippen molar-refractivity contribution < 1.29 is 4.79 Å². The Bertz CT molecular complexity index is 615. The Kier molecular flexibility index (Phi) is 8.83. The number of nitrogens with one attached hydrogen (secondary N) is 1. The van der Waals surface area contributed by atoms with Crippen molar-refractivity contribution >= 4 is 29.9 Å². The van der Waals surface area contributed by atoms with E-state index in [-0.39, 0.29) is 24.4 Å². The summed E-state index contributed by atoms with van der Waals surface area (Å²) in [6.45, 7) is 0.902. The largest absolute Gasteiger partial charge is 0.349 e. The number of rotatable bonds is 7. The third-order valence-corrected chi connectivity index (χ3v) is 3.93. The lowest BCUT2D eigenvalue weighted by Gasteiger charge is -2.21. The molecular formula is C19H24Cl2N2O. The molecule has 1 unspecified atom stereocenters. The highest BCUT2D eigenvalue weighted by molar-refractivity contribution is 6.30. The molecule has 24 heavy (non-hydrogen) atoms. The molecule has 0 aromatic heterocycles. The van der Waals surface area contributed by atoms with E-state index in [2.05, 4.69) is 10.2 Å². The molecule has 0 saturated heterocycles. The maximum atomic E-state index is 12.4. The first-order valence-corrected chi connectivity index (χ1v) is 8.16. The first-order chi connectivity index (χ1) is 11.0. The van der Waals surface area contributed by atoms with E-state index in [1.54, 1.807) is 0 Å². The van der Waals surface area contributed by atoms with E-state index in [0.717, 1.165) is 24.1 Å². The zero-order chi connectivity index (χ0) is 16.7. The molecule has 0 saturated carbocycles. The minimum Gasteiger partial charge on any atom is -0.349 e. The number of benzene rings is 2. The Morgan fingerprint density at radius 1 is 1.08 bits per heavy atom. The Balaban J connectivity index is 0.00000288. The molecule has 2 aromatic carbocycles. The first-order valence-electron chi connectivity index (χ1n) is 7.78. The standard InChI is InChI=1S/C19H23ClN2O.ClH/c1-22(2)13-12-18(16-8-10-17(20)11-9-16)21-19(23)14-15-6-4-3-5-7-15;/h3-11,18H,12-14H2,1-2H3,(H,21,23);1H. The van der Waals surface area contributed by atoms with E-state index in [9.17, 15) is 4.79 Å². The zero-order valence-electron chi connectivity index (χ0n) is 14.0. The summed E-state index contributed by atoms with van der Waals surface area (Å²) in [4.78, 5) is 14.5. The summed E-state index contributed by atoms with van der Waals surface area (Å²) in [6, 6.07) is 17.5. The van der Waals surface area contributed by atoms with Gasteiger partial charge >= 0.3 is 0 Å². The fraction of sp³-hybridized carbons (Fsp3) is 0.316. The highest BCUT2D eigenvalue weighted by Gasteiger charge is 2.15. The van der Waals surface area contributed by atoms with E-state index >= 15 is 0 Å². The predicted molar refractivity (Wildman–Crippen MR) is 103 cm³/mol. The maximum absolute atomic E-state index is 12.4. The Labute approximate surface area is 155 Å². The number of nitrogens with zero attached hydrogens (tertiary/aromatic N) is 1. The molecule has 2 aromatic rings. The van der Waals surface area contributed by atoms with Gasteiger partial charge in [0.2, 0.25) is 5.91 Å². The van der Waals surface area contributed by atoms with Gasteiger partial charge in [-0.15, -0.1) is 12.4 Å². The summed E-state index contributed by atoms with van der Waals surface area (Å²) < 4.78 is 0. The number of amides is 1. The van der Waals surface area contributed by atoms with Crippen LogP contribution >= 0.6 is 24.0 Å². The fourth-order valence-electron chi connectivity index (χ4n) is 2.43. The number of hydrogen-bond donors (Lipinski definition) is 1. The second-order valence-electron chi connectivity index (χ2n) is 5.93. The van der Waals surface area contributed by atoms with Crippen LogP contribution in [0.2, 0.25) is 5.02 Å². The molecule has 0 aliphatic heterocycles. The third kappa shape index (κ3) is 6.91. The molecule has 0 radical (unpaired) electrons. The molecule has 0 fully saturated rings. The molecule has 0 spiro atoms. The Morgan fingerprint density at radius 3 is 2.29 bits per heavy atom. The number of hydrogen-bond acceptors (Lipinski definition) is 2. The van der Waals surface area contributed by atoms with Crippen LogP contribution in [0.5, 0.6) is 0 Å². The number of carbonyl (C=O) groups is 1. The SMILES string of the molecule is CN(C)CCC(NC(=O)Cc1ccccc1)c1ccc(Cl)cc1.Cl. The molecule has 5 heteroatoms. The summed E-state index contributed by atoms with van der Waals surface area (Å²) in [7, 11) is 4.06. The average Bonchev–Trinajstić information content (AvgIpc) is 2.53. The van der Waals surface area contributed by atoms with Gasteiger partial charge in [-0.3, -0.25) is 4.79 Å². The van der Waals surface area contributed by atoms with Gasteiger partial charge in [0.25, 0.3) is 0 Å². The normalized spacial score (nSPS) is 11.7. The van der Waals surface area contributed by atoms with Gasteiger partial charge in [0.1, 0.15) is 0 Å². The highest BCUT2D eigenvalue weighted by atomic mass is 35.5. The molecule has 0 bridgehead atoms. The van der Waals surface area contributed by atoms with Crippen LogP contribution in [0.4, 0.5) is 0 Å². The van der Waals surface area contributed by atoms with Crippen molar-refractivity contribution in [3.8, 4) is 0 Å². The van der Waals surface area contributed by atoms with Crippen LogP contribution in [0.3, 0.4) is 0 Å². The van der Waals surface area contributed by atoms with Crippen molar-refractivity contribution in [3.63, 3.8) is 0 Å². The molecule has 1 amide bonds. The quantitative estimate of drug-likeness (QED) is 0.799. The van der Waals surface area contributed by atoms with Gasteiger partial charge in [-0.05, 0) is 50.3 Å². The topological polar surface area (TPSA) is 32.3 Å². The van der Waals surface area contributed by atoms with E-state index in [4.69, 9.17) is 11.6 Å². The van der Waals surface area contributed by atoms with Crippen LogP contribution in [-0.2, 0) is 11.2 Å².